The summed E-state index contributed by atoms with van der Waals surface area (Å²) in [4.78, 5) is 2.29. The quantitative estimate of drug-likeness (QED) is 0.772. The summed E-state index contributed by atoms with van der Waals surface area (Å²) in [7, 11) is 0. The lowest BCUT2D eigenvalue weighted by Gasteiger charge is -2.32. The Labute approximate surface area is 103 Å². The Morgan fingerprint density at radius 2 is 2.18 bits per heavy atom. The second kappa shape index (κ2) is 5.41. The van der Waals surface area contributed by atoms with Crippen LogP contribution in [-0.2, 0) is 0 Å². The maximum atomic E-state index is 9.53. The normalized spacial score (nSPS) is 21.3. The first-order chi connectivity index (χ1) is 8.24. The average molecular weight is 234 g/mol. The number of nitrogens with zero attached hydrogens (tertiary/aromatic N) is 1. The highest BCUT2D eigenvalue weighted by molar-refractivity contribution is 5.71. The van der Waals surface area contributed by atoms with Crippen molar-refractivity contribution in [2.75, 3.05) is 23.8 Å². The number of anilines is 2. The molecular formula is C14H22N2O. The minimum atomic E-state index is 0.216. The Bertz CT molecular complexity index is 378. The minimum Gasteiger partial charge on any atom is -0.397 e. The number of aliphatic hydroxyl groups excluding tert-OH is 1. The third-order valence-corrected chi connectivity index (χ3v) is 3.70. The van der Waals surface area contributed by atoms with Gasteiger partial charge in [0.1, 0.15) is 0 Å². The summed E-state index contributed by atoms with van der Waals surface area (Å²) in [6.45, 7) is 3.25. The molecular weight excluding hydrogens is 212 g/mol. The van der Waals surface area contributed by atoms with Gasteiger partial charge in [-0.25, -0.2) is 0 Å². The van der Waals surface area contributed by atoms with Crippen LogP contribution in [0, 0.1) is 6.92 Å². The molecule has 0 radical (unpaired) electrons. The fraction of sp³-hybridized carbons (Fsp3) is 0.571. The van der Waals surface area contributed by atoms with Gasteiger partial charge in [-0.3, -0.25) is 0 Å². The van der Waals surface area contributed by atoms with Crippen LogP contribution < -0.4 is 10.6 Å². The Hall–Kier alpha value is -1.22. The summed E-state index contributed by atoms with van der Waals surface area (Å²) in [5.74, 6) is 0. The van der Waals surface area contributed by atoms with Crippen molar-refractivity contribution in [1.82, 2.24) is 0 Å². The van der Waals surface area contributed by atoms with Gasteiger partial charge in [0.05, 0.1) is 24.0 Å². The maximum Gasteiger partial charge on any atom is 0.0635 e. The first-order valence-corrected chi connectivity index (χ1v) is 6.46. The Balaban J connectivity index is 2.31. The van der Waals surface area contributed by atoms with Crippen molar-refractivity contribution >= 4 is 11.4 Å². The van der Waals surface area contributed by atoms with Crippen molar-refractivity contribution in [3.05, 3.63) is 23.8 Å². The van der Waals surface area contributed by atoms with Crippen molar-refractivity contribution < 1.29 is 5.11 Å². The monoisotopic (exact) mass is 234 g/mol. The van der Waals surface area contributed by atoms with Gasteiger partial charge in [-0.05, 0) is 31.4 Å². The average Bonchev–Trinajstić information content (AvgIpc) is 2.57. The Morgan fingerprint density at radius 1 is 1.35 bits per heavy atom. The predicted molar refractivity (Wildman–Crippen MR) is 72.3 cm³/mol. The fourth-order valence-electron chi connectivity index (χ4n) is 2.60. The molecule has 0 aliphatic carbocycles. The molecule has 0 aromatic heterocycles. The Kier molecular flexibility index (Phi) is 3.89. The molecule has 0 amide bonds. The zero-order valence-electron chi connectivity index (χ0n) is 10.5. The summed E-state index contributed by atoms with van der Waals surface area (Å²) in [6, 6.07) is 6.36. The second-order valence-electron chi connectivity index (χ2n) is 4.89. The third-order valence-electron chi connectivity index (χ3n) is 3.70. The van der Waals surface area contributed by atoms with Crippen molar-refractivity contribution in [1.29, 1.82) is 0 Å². The molecule has 0 saturated carbocycles. The van der Waals surface area contributed by atoms with E-state index in [9.17, 15) is 5.11 Å². The van der Waals surface area contributed by atoms with Crippen LogP contribution in [-0.4, -0.2) is 24.3 Å². The number of aryl methyl sites for hydroxylation is 1. The van der Waals surface area contributed by atoms with Gasteiger partial charge in [-0.1, -0.05) is 25.0 Å². The molecule has 2 rings (SSSR count). The molecule has 3 N–H and O–H groups in total. The molecule has 1 atom stereocenters. The summed E-state index contributed by atoms with van der Waals surface area (Å²) in [5.41, 5.74) is 9.22. The number of hydrogen-bond donors (Lipinski definition) is 2. The molecule has 1 aromatic carbocycles. The van der Waals surface area contributed by atoms with E-state index in [1.165, 1.54) is 19.3 Å². The van der Waals surface area contributed by atoms with Crippen LogP contribution in [0.15, 0.2) is 18.2 Å². The summed E-state index contributed by atoms with van der Waals surface area (Å²) >= 11 is 0. The third kappa shape index (κ3) is 2.55. The molecule has 94 valence electrons. The Morgan fingerprint density at radius 3 is 2.94 bits per heavy atom. The molecule has 0 bridgehead atoms. The van der Waals surface area contributed by atoms with Crippen LogP contribution in [0.1, 0.15) is 31.2 Å². The highest BCUT2D eigenvalue weighted by Gasteiger charge is 2.22. The number of aliphatic hydroxyl groups is 1. The number of hydrogen-bond acceptors (Lipinski definition) is 3. The first kappa shape index (κ1) is 12.2. The van der Waals surface area contributed by atoms with E-state index in [1.807, 2.05) is 19.1 Å². The minimum absolute atomic E-state index is 0.216. The zero-order valence-corrected chi connectivity index (χ0v) is 10.5. The molecule has 1 saturated heterocycles. The number of nitrogens with two attached hydrogens (primary N) is 1. The molecule has 1 aliphatic rings. The number of para-hydroxylation sites is 1. The van der Waals surface area contributed by atoms with Crippen LogP contribution in [0.3, 0.4) is 0 Å². The molecule has 1 heterocycles. The standard InChI is InChI=1S/C14H22N2O/c1-11-6-5-8-13(14(11)15)16-9-4-2-3-7-12(16)10-17/h5-6,8,12,17H,2-4,7,9-10,15H2,1H3. The lowest BCUT2D eigenvalue weighted by molar-refractivity contribution is 0.255. The molecule has 3 heteroatoms. The van der Waals surface area contributed by atoms with Crippen molar-refractivity contribution in [3.63, 3.8) is 0 Å². The van der Waals surface area contributed by atoms with E-state index in [-0.39, 0.29) is 12.6 Å². The van der Waals surface area contributed by atoms with Gasteiger partial charge in [-0.15, -0.1) is 0 Å². The van der Waals surface area contributed by atoms with Crippen LogP contribution in [0.2, 0.25) is 0 Å². The van der Waals surface area contributed by atoms with Crippen molar-refractivity contribution in [2.45, 2.75) is 38.6 Å². The molecule has 3 nitrogen and oxygen atoms in total. The van der Waals surface area contributed by atoms with Crippen LogP contribution in [0.4, 0.5) is 11.4 Å². The lowest BCUT2D eigenvalue weighted by atomic mass is 10.1. The van der Waals surface area contributed by atoms with Crippen molar-refractivity contribution in [2.24, 2.45) is 0 Å². The highest BCUT2D eigenvalue weighted by atomic mass is 16.3. The van der Waals surface area contributed by atoms with Gasteiger partial charge in [0.2, 0.25) is 0 Å². The van der Waals surface area contributed by atoms with E-state index < -0.39 is 0 Å². The van der Waals surface area contributed by atoms with Gasteiger partial charge in [-0.2, -0.15) is 0 Å². The fourth-order valence-corrected chi connectivity index (χ4v) is 2.60. The molecule has 1 unspecified atom stereocenters. The first-order valence-electron chi connectivity index (χ1n) is 6.46. The summed E-state index contributed by atoms with van der Waals surface area (Å²) in [6.07, 6.45) is 4.69. The largest absolute Gasteiger partial charge is 0.397 e. The number of rotatable bonds is 2. The topological polar surface area (TPSA) is 49.5 Å². The van der Waals surface area contributed by atoms with Crippen LogP contribution >= 0.6 is 0 Å². The molecule has 1 aromatic rings. The van der Waals surface area contributed by atoms with E-state index in [1.54, 1.807) is 0 Å². The molecule has 0 spiro atoms. The molecule has 1 aliphatic heterocycles. The number of benzene rings is 1. The van der Waals surface area contributed by atoms with Gasteiger partial charge >= 0.3 is 0 Å². The van der Waals surface area contributed by atoms with E-state index in [4.69, 9.17) is 5.73 Å². The van der Waals surface area contributed by atoms with Gasteiger partial charge in [0.25, 0.3) is 0 Å². The van der Waals surface area contributed by atoms with E-state index in [0.29, 0.717) is 0 Å². The smallest absolute Gasteiger partial charge is 0.0635 e. The zero-order chi connectivity index (χ0) is 12.3. The highest BCUT2D eigenvalue weighted by Crippen LogP contribution is 2.30. The maximum absolute atomic E-state index is 9.53. The van der Waals surface area contributed by atoms with E-state index in [0.717, 1.165) is 29.9 Å². The van der Waals surface area contributed by atoms with Crippen molar-refractivity contribution in [3.8, 4) is 0 Å². The van der Waals surface area contributed by atoms with Crippen LogP contribution in [0.25, 0.3) is 0 Å². The molecule has 17 heavy (non-hydrogen) atoms. The van der Waals surface area contributed by atoms with Gasteiger partial charge < -0.3 is 15.7 Å². The predicted octanol–water partition coefficient (Wildman–Crippen LogP) is 2.32. The van der Waals surface area contributed by atoms with Gasteiger partial charge in [0, 0.05) is 6.54 Å². The van der Waals surface area contributed by atoms with Gasteiger partial charge in [0.15, 0.2) is 0 Å². The molecule has 1 fully saturated rings. The van der Waals surface area contributed by atoms with E-state index in [2.05, 4.69) is 11.0 Å². The van der Waals surface area contributed by atoms with Crippen LogP contribution in [0.5, 0.6) is 0 Å². The van der Waals surface area contributed by atoms with E-state index >= 15 is 0 Å². The summed E-state index contributed by atoms with van der Waals surface area (Å²) < 4.78 is 0. The second-order valence-corrected chi connectivity index (χ2v) is 4.89. The summed E-state index contributed by atoms with van der Waals surface area (Å²) in [5, 5.41) is 9.53. The number of nitrogen functional groups attached to an aromatic ring is 1. The lowest BCUT2D eigenvalue weighted by Crippen LogP contribution is -2.38. The SMILES string of the molecule is Cc1cccc(N2CCCCCC2CO)c1N.